The van der Waals surface area contributed by atoms with Crippen LogP contribution in [0.25, 0.3) is 0 Å². The second-order valence-electron chi connectivity index (χ2n) is 19.0. The average Bonchev–Trinajstić information content (AvgIpc) is 3.28. The Labute approximate surface area is 385 Å². The van der Waals surface area contributed by atoms with Crippen LogP contribution in [0.5, 0.6) is 0 Å². The summed E-state index contributed by atoms with van der Waals surface area (Å²) in [4.78, 5) is 13.1. The van der Waals surface area contributed by atoms with Gasteiger partial charge in [-0.1, -0.05) is 219 Å². The number of nitrogens with one attached hydrogen (secondary N) is 1. The smallest absolute Gasteiger partial charge is 0.249 e. The van der Waals surface area contributed by atoms with Crippen LogP contribution >= 0.6 is 0 Å². The zero-order valence-electron chi connectivity index (χ0n) is 40.6. The van der Waals surface area contributed by atoms with Gasteiger partial charge in [0.2, 0.25) is 5.91 Å². The van der Waals surface area contributed by atoms with Crippen molar-refractivity contribution in [2.75, 3.05) is 13.2 Å². The highest BCUT2D eigenvalue weighted by Gasteiger charge is 2.44. The van der Waals surface area contributed by atoms with Crippen LogP contribution in [0.1, 0.15) is 245 Å². The summed E-state index contributed by atoms with van der Waals surface area (Å²) in [6.07, 6.45) is 35.8. The second-order valence-corrected chi connectivity index (χ2v) is 19.0. The normalized spacial score (nSPS) is 21.2. The Balaban J connectivity index is 2.23. The molecule has 0 aliphatic carbocycles. The van der Waals surface area contributed by atoms with Crippen molar-refractivity contribution < 1.29 is 50.0 Å². The van der Waals surface area contributed by atoms with E-state index in [1.54, 1.807) is 0 Å². The highest BCUT2D eigenvalue weighted by Crippen LogP contribution is 2.23. The number of aliphatic hydroxyl groups excluding tert-OH is 7. The van der Waals surface area contributed by atoms with Gasteiger partial charge in [0.25, 0.3) is 0 Å². The molecule has 1 rings (SSSR count). The number of hydrogen-bond donors (Lipinski definition) is 8. The predicted molar refractivity (Wildman–Crippen MR) is 256 cm³/mol. The number of carbonyl (C=O) groups is 1. The zero-order valence-corrected chi connectivity index (χ0v) is 40.6. The van der Waals surface area contributed by atoms with E-state index in [2.05, 4.69) is 31.3 Å². The summed E-state index contributed by atoms with van der Waals surface area (Å²) >= 11 is 0. The molecule has 11 nitrogen and oxygen atoms in total. The van der Waals surface area contributed by atoms with Crippen molar-refractivity contribution in [2.24, 2.45) is 0 Å². The monoisotopic (exact) mass is 900 g/mol. The van der Waals surface area contributed by atoms with Crippen LogP contribution in [-0.2, 0) is 14.3 Å². The van der Waals surface area contributed by atoms with Crippen molar-refractivity contribution in [2.45, 2.75) is 300 Å². The first-order valence-electron chi connectivity index (χ1n) is 26.6. The number of aliphatic hydroxyl groups is 7. The molecule has 1 saturated heterocycles. The lowest BCUT2D eigenvalue weighted by Crippen LogP contribution is -2.60. The van der Waals surface area contributed by atoms with E-state index in [1.807, 2.05) is 0 Å². The van der Waals surface area contributed by atoms with Crippen molar-refractivity contribution in [3.8, 4) is 0 Å². The fraction of sp³-hybridized carbons (Fsp3) is 0.942. The molecular weight excluding hydrogens is 799 g/mol. The van der Waals surface area contributed by atoms with Gasteiger partial charge in [0, 0.05) is 0 Å². The molecule has 0 aromatic carbocycles. The van der Waals surface area contributed by atoms with Crippen LogP contribution in [0.15, 0.2) is 12.2 Å². The molecule has 0 aromatic rings. The van der Waals surface area contributed by atoms with Crippen LogP contribution in [0, 0.1) is 0 Å². The zero-order chi connectivity index (χ0) is 46.2. The van der Waals surface area contributed by atoms with E-state index in [0.717, 1.165) is 38.5 Å². The van der Waals surface area contributed by atoms with Crippen LogP contribution in [0.4, 0.5) is 0 Å². The lowest BCUT2D eigenvalue weighted by Gasteiger charge is -2.40. The molecule has 1 amide bonds. The van der Waals surface area contributed by atoms with Crippen molar-refractivity contribution in [1.29, 1.82) is 0 Å². The first-order valence-corrected chi connectivity index (χ1v) is 26.6. The van der Waals surface area contributed by atoms with Gasteiger partial charge in [-0.3, -0.25) is 4.79 Å². The van der Waals surface area contributed by atoms with Gasteiger partial charge in [-0.15, -0.1) is 0 Å². The number of allylic oxidation sites excluding steroid dienone is 2. The maximum atomic E-state index is 13.1. The maximum Gasteiger partial charge on any atom is 0.249 e. The molecule has 11 heteroatoms. The summed E-state index contributed by atoms with van der Waals surface area (Å²) in [7, 11) is 0. The molecule has 374 valence electrons. The second kappa shape index (κ2) is 42.2. The van der Waals surface area contributed by atoms with E-state index in [1.165, 1.54) is 167 Å². The molecule has 0 saturated carbocycles. The fourth-order valence-electron chi connectivity index (χ4n) is 8.67. The maximum absolute atomic E-state index is 13.1. The van der Waals surface area contributed by atoms with Gasteiger partial charge in [-0.2, -0.15) is 0 Å². The Morgan fingerprint density at radius 1 is 0.540 bits per heavy atom. The van der Waals surface area contributed by atoms with Gasteiger partial charge >= 0.3 is 0 Å². The van der Waals surface area contributed by atoms with Gasteiger partial charge in [-0.25, -0.2) is 0 Å². The summed E-state index contributed by atoms with van der Waals surface area (Å²) in [6, 6.07) is -1.16. The summed E-state index contributed by atoms with van der Waals surface area (Å²) in [6.45, 7) is 3.43. The van der Waals surface area contributed by atoms with Gasteiger partial charge in [-0.05, 0) is 38.5 Å². The molecule has 9 unspecified atom stereocenters. The molecule has 0 aromatic heterocycles. The Morgan fingerprint density at radius 2 is 0.921 bits per heavy atom. The van der Waals surface area contributed by atoms with E-state index in [-0.39, 0.29) is 6.42 Å². The Morgan fingerprint density at radius 3 is 1.33 bits per heavy atom. The lowest BCUT2D eigenvalue weighted by atomic mass is 9.98. The van der Waals surface area contributed by atoms with E-state index < -0.39 is 74.2 Å². The highest BCUT2D eigenvalue weighted by molar-refractivity contribution is 5.80. The SMILES string of the molecule is CCCCCCCCCCCCCC/C=C\CCCCCCCCCCCCCC(O)C(=O)NC(COC1OC(CO)C(O)C(O)C1O)C(O)C(O)CCCCCCCCCCC. The number of rotatable bonds is 45. The molecule has 8 N–H and O–H groups in total. The summed E-state index contributed by atoms with van der Waals surface area (Å²) < 4.78 is 11.1. The Bertz CT molecular complexity index is 1030. The minimum Gasteiger partial charge on any atom is -0.394 e. The topological polar surface area (TPSA) is 189 Å². The van der Waals surface area contributed by atoms with Crippen LogP contribution in [0.3, 0.4) is 0 Å². The average molecular weight is 900 g/mol. The summed E-state index contributed by atoms with van der Waals surface area (Å²) in [5, 5.41) is 75.6. The predicted octanol–water partition coefficient (Wildman–Crippen LogP) is 10.0. The quantitative estimate of drug-likeness (QED) is 0.0216. The van der Waals surface area contributed by atoms with Crippen LogP contribution in [-0.4, -0.2) is 110 Å². The molecule has 0 bridgehead atoms. The molecule has 0 spiro atoms. The molecule has 1 aliphatic rings. The molecule has 1 heterocycles. The third kappa shape index (κ3) is 31.5. The first-order chi connectivity index (χ1) is 30.7. The van der Waals surface area contributed by atoms with Gasteiger partial charge in [0.15, 0.2) is 6.29 Å². The molecule has 63 heavy (non-hydrogen) atoms. The number of ether oxygens (including phenoxy) is 2. The van der Waals surface area contributed by atoms with Crippen LogP contribution < -0.4 is 5.32 Å². The van der Waals surface area contributed by atoms with Crippen molar-refractivity contribution in [3.63, 3.8) is 0 Å². The lowest BCUT2D eigenvalue weighted by molar-refractivity contribution is -0.303. The van der Waals surface area contributed by atoms with Crippen molar-refractivity contribution in [1.82, 2.24) is 5.32 Å². The van der Waals surface area contributed by atoms with E-state index >= 15 is 0 Å². The highest BCUT2D eigenvalue weighted by atomic mass is 16.7. The first kappa shape index (κ1) is 59.9. The summed E-state index contributed by atoms with van der Waals surface area (Å²) in [5.74, 6) is -0.697. The van der Waals surface area contributed by atoms with Crippen LogP contribution in [0.2, 0.25) is 0 Å². The molecule has 1 fully saturated rings. The minimum absolute atomic E-state index is 0.262. The largest absolute Gasteiger partial charge is 0.394 e. The van der Waals surface area contributed by atoms with Crippen molar-refractivity contribution >= 4 is 5.91 Å². The van der Waals surface area contributed by atoms with E-state index in [4.69, 9.17) is 9.47 Å². The van der Waals surface area contributed by atoms with E-state index in [0.29, 0.717) is 19.3 Å². The van der Waals surface area contributed by atoms with Crippen molar-refractivity contribution in [3.05, 3.63) is 12.2 Å². The minimum atomic E-state index is -1.66. The van der Waals surface area contributed by atoms with Gasteiger partial charge < -0.3 is 50.5 Å². The number of carbonyl (C=O) groups excluding carboxylic acids is 1. The van der Waals surface area contributed by atoms with E-state index in [9.17, 15) is 40.5 Å². The summed E-state index contributed by atoms with van der Waals surface area (Å²) in [5.41, 5.74) is 0. The Kier molecular flexibility index (Phi) is 40.1. The number of hydrogen-bond acceptors (Lipinski definition) is 10. The Hall–Kier alpha value is -1.15. The third-order valence-corrected chi connectivity index (χ3v) is 13.1. The van der Waals surface area contributed by atoms with Gasteiger partial charge in [0.1, 0.15) is 36.6 Å². The molecule has 9 atom stereocenters. The molecule has 0 radical (unpaired) electrons. The molecular formula is C52H101NO10. The number of unbranched alkanes of at least 4 members (excludes halogenated alkanes) is 31. The standard InChI is InChI=1S/C52H101NO10/c1-3-5-7-9-11-13-14-15-16-17-18-19-20-21-22-23-24-25-26-27-28-29-30-32-34-36-38-40-45(56)51(61)53-43(42-62-52-50(60)49(59)48(58)46(41-54)63-52)47(57)44(55)39-37-35-33-31-12-10-8-6-4-2/h21-22,43-50,52,54-60H,3-20,23-42H2,1-2H3,(H,53,61)/b22-21-. The number of amides is 1. The molecule has 1 aliphatic heterocycles. The third-order valence-electron chi connectivity index (χ3n) is 13.1. The fourth-order valence-corrected chi connectivity index (χ4v) is 8.67. The van der Waals surface area contributed by atoms with Gasteiger partial charge in [0.05, 0.1) is 25.4 Å².